The second kappa shape index (κ2) is 5.20. The normalized spacial score (nSPS) is 10.7. The number of fused-ring (bicyclic) bond motifs is 1. The molecule has 21 heavy (non-hydrogen) atoms. The van der Waals surface area contributed by atoms with E-state index in [0.717, 1.165) is 0 Å². The van der Waals surface area contributed by atoms with Gasteiger partial charge >= 0.3 is 0 Å². The molecule has 0 unspecified atom stereocenters. The van der Waals surface area contributed by atoms with Crippen molar-refractivity contribution < 1.29 is 9.18 Å². The van der Waals surface area contributed by atoms with Crippen molar-refractivity contribution in [2.24, 2.45) is 0 Å². The lowest BCUT2D eigenvalue weighted by Gasteiger charge is -2.05. The second-order valence-corrected chi connectivity index (χ2v) is 4.46. The van der Waals surface area contributed by atoms with E-state index in [4.69, 9.17) is 0 Å². The molecule has 2 heterocycles. The zero-order chi connectivity index (χ0) is 14.8. The molecular weight excluding hydrogens is 275 g/mol. The minimum absolute atomic E-state index is 0.189. The number of H-pyrrole nitrogens is 1. The smallest absolute Gasteiger partial charge is 0.274 e. The summed E-state index contributed by atoms with van der Waals surface area (Å²) in [6.45, 7) is 0.198. The predicted molar refractivity (Wildman–Crippen MR) is 75.5 cm³/mol. The fourth-order valence-corrected chi connectivity index (χ4v) is 2.11. The Morgan fingerprint density at radius 2 is 2.24 bits per heavy atom. The maximum absolute atomic E-state index is 13.1. The number of nitrogens with zero attached hydrogens (tertiary/aromatic N) is 2. The van der Waals surface area contributed by atoms with Crippen LogP contribution in [0.5, 0.6) is 0 Å². The summed E-state index contributed by atoms with van der Waals surface area (Å²) in [5.74, 6) is 0.174. The number of hydrogen-bond donors (Lipinski definition) is 2. The number of benzene rings is 1. The Balaban J connectivity index is 1.96. The monoisotopic (exact) mass is 286 g/mol. The van der Waals surface area contributed by atoms with Gasteiger partial charge in [0.2, 0.25) is 6.41 Å². The van der Waals surface area contributed by atoms with Gasteiger partial charge in [-0.2, -0.15) is 0 Å². The summed E-state index contributed by atoms with van der Waals surface area (Å²) in [4.78, 5) is 29.8. The van der Waals surface area contributed by atoms with Crippen LogP contribution in [0.4, 0.5) is 10.1 Å². The topological polar surface area (TPSA) is 79.8 Å². The zero-order valence-electron chi connectivity index (χ0n) is 10.8. The SMILES string of the molecule is O=CNc1cccn(Cc2nc3ccc(F)cc3[nH]2)c1=O. The Morgan fingerprint density at radius 1 is 1.38 bits per heavy atom. The number of aromatic nitrogens is 3. The van der Waals surface area contributed by atoms with Crippen LogP contribution in [0, 0.1) is 5.82 Å². The Morgan fingerprint density at radius 3 is 3.05 bits per heavy atom. The van der Waals surface area contributed by atoms with Crippen LogP contribution in [-0.2, 0) is 11.3 Å². The Hall–Kier alpha value is -2.96. The predicted octanol–water partition coefficient (Wildman–Crippen LogP) is 1.48. The van der Waals surface area contributed by atoms with E-state index in [0.29, 0.717) is 23.3 Å². The molecule has 2 aromatic heterocycles. The van der Waals surface area contributed by atoms with Gasteiger partial charge in [-0.25, -0.2) is 9.37 Å². The number of anilines is 1. The van der Waals surface area contributed by atoms with Crippen LogP contribution in [0.2, 0.25) is 0 Å². The number of hydrogen-bond acceptors (Lipinski definition) is 3. The maximum Gasteiger partial charge on any atom is 0.274 e. The highest BCUT2D eigenvalue weighted by molar-refractivity contribution is 5.75. The van der Waals surface area contributed by atoms with Crippen molar-refractivity contribution in [1.29, 1.82) is 0 Å². The van der Waals surface area contributed by atoms with E-state index >= 15 is 0 Å². The summed E-state index contributed by atoms with van der Waals surface area (Å²) in [6, 6.07) is 7.40. The standard InChI is InChI=1S/C14H11FN4O2/c15-9-3-4-10-12(6-9)18-13(17-10)7-19-5-1-2-11(14(19)21)16-8-20/h1-6,8H,7H2,(H,16,20)(H,17,18). The lowest BCUT2D eigenvalue weighted by atomic mass is 10.3. The molecule has 0 spiro atoms. The van der Waals surface area contributed by atoms with Gasteiger partial charge in [0.1, 0.15) is 17.3 Å². The number of amides is 1. The van der Waals surface area contributed by atoms with Crippen LogP contribution in [0.25, 0.3) is 11.0 Å². The highest BCUT2D eigenvalue weighted by atomic mass is 19.1. The molecular formula is C14H11FN4O2. The van der Waals surface area contributed by atoms with Crippen LogP contribution in [-0.4, -0.2) is 20.9 Å². The van der Waals surface area contributed by atoms with E-state index in [9.17, 15) is 14.0 Å². The van der Waals surface area contributed by atoms with Crippen LogP contribution >= 0.6 is 0 Å². The second-order valence-electron chi connectivity index (χ2n) is 4.46. The lowest BCUT2D eigenvalue weighted by molar-refractivity contribution is -0.105. The summed E-state index contributed by atoms with van der Waals surface area (Å²) >= 11 is 0. The molecule has 1 amide bonds. The van der Waals surface area contributed by atoms with Crippen LogP contribution in [0.1, 0.15) is 5.82 Å². The minimum atomic E-state index is -0.355. The Kier molecular flexibility index (Phi) is 3.23. The summed E-state index contributed by atoms with van der Waals surface area (Å²) in [6.07, 6.45) is 2.04. The molecule has 0 atom stereocenters. The van der Waals surface area contributed by atoms with E-state index in [-0.39, 0.29) is 23.6 Å². The molecule has 7 heteroatoms. The molecule has 3 aromatic rings. The number of rotatable bonds is 4. The molecule has 6 nitrogen and oxygen atoms in total. The van der Waals surface area contributed by atoms with E-state index in [1.54, 1.807) is 18.3 Å². The lowest BCUT2D eigenvalue weighted by Crippen LogP contribution is -2.23. The van der Waals surface area contributed by atoms with Crippen LogP contribution in [0.15, 0.2) is 41.3 Å². The first-order valence-corrected chi connectivity index (χ1v) is 6.21. The van der Waals surface area contributed by atoms with Crippen LogP contribution in [0.3, 0.4) is 0 Å². The molecule has 0 bridgehead atoms. The van der Waals surface area contributed by atoms with Gasteiger partial charge in [0.05, 0.1) is 17.6 Å². The average Bonchev–Trinajstić information content (AvgIpc) is 2.85. The number of carbonyl (C=O) groups is 1. The van der Waals surface area contributed by atoms with Crippen LogP contribution < -0.4 is 10.9 Å². The van der Waals surface area contributed by atoms with E-state index in [1.165, 1.54) is 22.8 Å². The van der Waals surface area contributed by atoms with E-state index in [1.807, 2.05) is 0 Å². The van der Waals surface area contributed by atoms with Gasteiger partial charge in [0, 0.05) is 6.20 Å². The van der Waals surface area contributed by atoms with Crippen molar-refractivity contribution in [2.75, 3.05) is 5.32 Å². The molecule has 106 valence electrons. The highest BCUT2D eigenvalue weighted by Gasteiger charge is 2.07. The minimum Gasteiger partial charge on any atom is -0.340 e. The van der Waals surface area contributed by atoms with Crippen molar-refractivity contribution in [3.63, 3.8) is 0 Å². The van der Waals surface area contributed by atoms with Gasteiger partial charge in [-0.15, -0.1) is 0 Å². The molecule has 0 aliphatic rings. The molecule has 2 N–H and O–H groups in total. The van der Waals surface area contributed by atoms with Crippen molar-refractivity contribution in [3.05, 3.63) is 58.5 Å². The third-order valence-corrected chi connectivity index (χ3v) is 3.05. The molecule has 0 aliphatic carbocycles. The van der Waals surface area contributed by atoms with Gasteiger partial charge in [-0.05, 0) is 30.3 Å². The van der Waals surface area contributed by atoms with Crippen molar-refractivity contribution >= 4 is 23.1 Å². The van der Waals surface area contributed by atoms with Gasteiger partial charge in [-0.3, -0.25) is 9.59 Å². The first kappa shape index (κ1) is 13.0. The molecule has 0 aliphatic heterocycles. The number of imidazole rings is 1. The van der Waals surface area contributed by atoms with Crippen molar-refractivity contribution in [2.45, 2.75) is 6.54 Å². The van der Waals surface area contributed by atoms with Gasteiger partial charge in [-0.1, -0.05) is 0 Å². The average molecular weight is 286 g/mol. The van der Waals surface area contributed by atoms with Gasteiger partial charge in [0.15, 0.2) is 0 Å². The number of halogens is 1. The Bertz CT molecular complexity index is 869. The third kappa shape index (κ3) is 2.53. The van der Waals surface area contributed by atoms with Crippen molar-refractivity contribution in [1.82, 2.24) is 14.5 Å². The zero-order valence-corrected chi connectivity index (χ0v) is 10.8. The maximum atomic E-state index is 13.1. The molecule has 0 saturated carbocycles. The number of carbonyl (C=O) groups excluding carboxylic acids is 1. The quantitative estimate of drug-likeness (QED) is 0.713. The molecule has 0 saturated heterocycles. The fraction of sp³-hybridized carbons (Fsp3) is 0.0714. The van der Waals surface area contributed by atoms with E-state index < -0.39 is 0 Å². The third-order valence-electron chi connectivity index (χ3n) is 3.05. The molecule has 0 fully saturated rings. The first-order valence-electron chi connectivity index (χ1n) is 6.21. The summed E-state index contributed by atoms with van der Waals surface area (Å²) in [5, 5.41) is 2.34. The van der Waals surface area contributed by atoms with E-state index in [2.05, 4.69) is 15.3 Å². The Labute approximate surface area is 118 Å². The molecule has 3 rings (SSSR count). The molecule has 1 aromatic carbocycles. The van der Waals surface area contributed by atoms with Crippen molar-refractivity contribution in [3.8, 4) is 0 Å². The summed E-state index contributed by atoms with van der Waals surface area (Å²) in [5.41, 5.74) is 1.05. The number of nitrogens with one attached hydrogen (secondary N) is 2. The summed E-state index contributed by atoms with van der Waals surface area (Å²) in [7, 11) is 0. The van der Waals surface area contributed by atoms with Gasteiger partial charge < -0.3 is 14.9 Å². The largest absolute Gasteiger partial charge is 0.340 e. The number of pyridine rings is 1. The fourth-order valence-electron chi connectivity index (χ4n) is 2.11. The highest BCUT2D eigenvalue weighted by Crippen LogP contribution is 2.13. The molecule has 0 radical (unpaired) electrons. The summed E-state index contributed by atoms with van der Waals surface area (Å²) < 4.78 is 14.5. The van der Waals surface area contributed by atoms with Gasteiger partial charge in [0.25, 0.3) is 5.56 Å². The number of aromatic amines is 1. The first-order chi connectivity index (χ1) is 10.2.